The Morgan fingerprint density at radius 1 is 0.392 bits per heavy atom. The second kappa shape index (κ2) is 11.3. The number of nitrogens with zero attached hydrogens (tertiary/aromatic N) is 1. The molecule has 0 saturated heterocycles. The predicted octanol–water partition coefficient (Wildman–Crippen LogP) is 13.8. The average molecular weight is 654 g/mol. The van der Waals surface area contributed by atoms with Gasteiger partial charge in [-0.2, -0.15) is 0 Å². The molecule has 0 unspecified atom stereocenters. The van der Waals surface area contributed by atoms with E-state index in [4.69, 9.17) is 4.42 Å². The summed E-state index contributed by atoms with van der Waals surface area (Å²) < 4.78 is 6.41. The van der Waals surface area contributed by atoms with Gasteiger partial charge >= 0.3 is 0 Å². The van der Waals surface area contributed by atoms with Crippen LogP contribution in [0.25, 0.3) is 66.1 Å². The Bertz CT molecular complexity index is 2770. The van der Waals surface area contributed by atoms with Crippen LogP contribution < -0.4 is 4.90 Å². The maximum atomic E-state index is 6.41. The molecule has 0 atom stereocenters. The van der Waals surface area contributed by atoms with E-state index >= 15 is 0 Å². The molecule has 0 spiro atoms. The van der Waals surface area contributed by atoms with Crippen LogP contribution in [0.2, 0.25) is 0 Å². The Hall–Kier alpha value is -6.38. The SMILES string of the molecule is CC1(C)c2ccccc2-c2ccc(N(c3ccc(-c4cccc5c4ccc4c6ccccc6oc54)cc3)c3cccc(-c4ccccc4)c3)cc21. The lowest BCUT2D eigenvalue weighted by molar-refractivity contribution is 0.660. The molecule has 1 heterocycles. The molecular weight excluding hydrogens is 619 g/mol. The molecule has 0 bridgehead atoms. The van der Waals surface area contributed by atoms with Crippen molar-refractivity contribution in [2.75, 3.05) is 4.90 Å². The van der Waals surface area contributed by atoms with Crippen LogP contribution in [0.1, 0.15) is 25.0 Å². The van der Waals surface area contributed by atoms with E-state index in [1.165, 1.54) is 49.9 Å². The number of hydrogen-bond donors (Lipinski definition) is 0. The van der Waals surface area contributed by atoms with Gasteiger partial charge in [-0.1, -0.05) is 141 Å². The van der Waals surface area contributed by atoms with Gasteiger partial charge in [0.05, 0.1) is 0 Å². The molecule has 8 aromatic carbocycles. The molecule has 1 aliphatic carbocycles. The monoisotopic (exact) mass is 653 g/mol. The summed E-state index contributed by atoms with van der Waals surface area (Å²) in [6.45, 7) is 4.69. The van der Waals surface area contributed by atoms with Crippen molar-refractivity contribution in [1.82, 2.24) is 0 Å². The van der Waals surface area contributed by atoms with Crippen LogP contribution in [-0.4, -0.2) is 0 Å². The van der Waals surface area contributed by atoms with Crippen molar-refractivity contribution >= 4 is 49.8 Å². The number of anilines is 3. The van der Waals surface area contributed by atoms with Crippen LogP contribution in [0.5, 0.6) is 0 Å². The highest BCUT2D eigenvalue weighted by atomic mass is 16.3. The van der Waals surface area contributed by atoms with Gasteiger partial charge in [-0.25, -0.2) is 0 Å². The summed E-state index contributed by atoms with van der Waals surface area (Å²) in [6, 6.07) is 63.7. The number of hydrogen-bond acceptors (Lipinski definition) is 2. The normalized spacial score (nSPS) is 13.1. The van der Waals surface area contributed by atoms with Crippen LogP contribution in [0.15, 0.2) is 180 Å². The van der Waals surface area contributed by atoms with E-state index in [2.05, 4.69) is 183 Å². The zero-order valence-corrected chi connectivity index (χ0v) is 28.6. The average Bonchev–Trinajstić information content (AvgIpc) is 3.68. The first-order chi connectivity index (χ1) is 25.0. The summed E-state index contributed by atoms with van der Waals surface area (Å²) in [5.74, 6) is 0. The van der Waals surface area contributed by atoms with Crippen molar-refractivity contribution in [3.63, 3.8) is 0 Å². The standard InChI is InChI=1S/C49H35NO/c1-49(2)45-20-8-6-16-40(45)41-27-26-37(31-46(41)49)50(36-15-10-14-34(30-36)32-12-4-3-5-13-32)35-24-22-33(23-25-35)38-18-11-19-43-39(38)28-29-44-42-17-7-9-21-47(42)51-48(43)44/h3-31H,1-2H3. The molecule has 242 valence electrons. The summed E-state index contributed by atoms with van der Waals surface area (Å²) in [4.78, 5) is 2.40. The van der Waals surface area contributed by atoms with E-state index < -0.39 is 0 Å². The molecule has 0 N–H and O–H groups in total. The van der Waals surface area contributed by atoms with E-state index in [-0.39, 0.29) is 5.41 Å². The zero-order chi connectivity index (χ0) is 34.1. The summed E-state index contributed by atoms with van der Waals surface area (Å²) >= 11 is 0. The summed E-state index contributed by atoms with van der Waals surface area (Å²) in [5, 5.41) is 4.62. The van der Waals surface area contributed by atoms with E-state index in [0.717, 1.165) is 44.4 Å². The van der Waals surface area contributed by atoms with Gasteiger partial charge < -0.3 is 9.32 Å². The molecule has 51 heavy (non-hydrogen) atoms. The molecule has 0 radical (unpaired) electrons. The molecule has 0 amide bonds. The van der Waals surface area contributed by atoms with Gasteiger partial charge in [0.25, 0.3) is 0 Å². The Labute approximate surface area is 297 Å². The molecule has 2 heteroatoms. The Morgan fingerprint density at radius 3 is 1.90 bits per heavy atom. The van der Waals surface area contributed by atoms with Crippen LogP contribution >= 0.6 is 0 Å². The lowest BCUT2D eigenvalue weighted by atomic mass is 9.82. The number of benzene rings is 8. The zero-order valence-electron chi connectivity index (χ0n) is 28.6. The third-order valence-electron chi connectivity index (χ3n) is 10.9. The summed E-state index contributed by atoms with van der Waals surface area (Å²) in [7, 11) is 0. The predicted molar refractivity (Wildman–Crippen MR) is 214 cm³/mol. The first kappa shape index (κ1) is 29.5. The minimum absolute atomic E-state index is 0.0943. The fourth-order valence-electron chi connectivity index (χ4n) is 8.32. The van der Waals surface area contributed by atoms with Gasteiger partial charge in [0, 0.05) is 38.6 Å². The Balaban J connectivity index is 1.11. The van der Waals surface area contributed by atoms with Gasteiger partial charge in [-0.15, -0.1) is 0 Å². The Kier molecular flexibility index (Phi) is 6.56. The number of fused-ring (bicyclic) bond motifs is 8. The van der Waals surface area contributed by atoms with Crippen LogP contribution in [0, 0.1) is 0 Å². The third kappa shape index (κ3) is 4.64. The molecule has 0 fully saturated rings. The minimum Gasteiger partial charge on any atom is -0.455 e. The molecule has 1 aliphatic rings. The topological polar surface area (TPSA) is 16.4 Å². The number of furan rings is 1. The van der Waals surface area contributed by atoms with Crippen molar-refractivity contribution in [3.8, 4) is 33.4 Å². The lowest BCUT2D eigenvalue weighted by Gasteiger charge is -2.28. The van der Waals surface area contributed by atoms with Gasteiger partial charge in [-0.3, -0.25) is 0 Å². The van der Waals surface area contributed by atoms with Crippen molar-refractivity contribution in [3.05, 3.63) is 187 Å². The fourth-order valence-corrected chi connectivity index (χ4v) is 8.32. The van der Waals surface area contributed by atoms with Gasteiger partial charge in [0.2, 0.25) is 0 Å². The first-order valence-corrected chi connectivity index (χ1v) is 17.7. The maximum Gasteiger partial charge on any atom is 0.143 e. The molecule has 9 aromatic rings. The second-order valence-electron chi connectivity index (χ2n) is 14.1. The highest BCUT2D eigenvalue weighted by molar-refractivity contribution is 6.17. The summed E-state index contributed by atoms with van der Waals surface area (Å²) in [5.41, 5.74) is 15.3. The molecule has 0 aliphatic heterocycles. The van der Waals surface area contributed by atoms with Crippen molar-refractivity contribution in [1.29, 1.82) is 0 Å². The number of para-hydroxylation sites is 1. The van der Waals surface area contributed by atoms with E-state index in [1.54, 1.807) is 0 Å². The van der Waals surface area contributed by atoms with E-state index in [0.29, 0.717) is 0 Å². The van der Waals surface area contributed by atoms with Crippen LogP contribution in [-0.2, 0) is 5.41 Å². The van der Waals surface area contributed by atoms with E-state index in [9.17, 15) is 0 Å². The fraction of sp³-hybridized carbons (Fsp3) is 0.0612. The molecule has 2 nitrogen and oxygen atoms in total. The second-order valence-corrected chi connectivity index (χ2v) is 14.1. The van der Waals surface area contributed by atoms with Crippen molar-refractivity contribution < 1.29 is 4.42 Å². The Morgan fingerprint density at radius 2 is 1.02 bits per heavy atom. The first-order valence-electron chi connectivity index (χ1n) is 17.7. The molecule has 1 aromatic heterocycles. The highest BCUT2D eigenvalue weighted by Gasteiger charge is 2.35. The van der Waals surface area contributed by atoms with Gasteiger partial charge in [0.1, 0.15) is 11.2 Å². The number of rotatable bonds is 5. The minimum atomic E-state index is -0.0943. The quantitative estimate of drug-likeness (QED) is 0.184. The maximum absolute atomic E-state index is 6.41. The molecule has 10 rings (SSSR count). The van der Waals surface area contributed by atoms with Crippen LogP contribution in [0.3, 0.4) is 0 Å². The van der Waals surface area contributed by atoms with Gasteiger partial charge in [0.15, 0.2) is 0 Å². The smallest absolute Gasteiger partial charge is 0.143 e. The third-order valence-corrected chi connectivity index (χ3v) is 10.9. The van der Waals surface area contributed by atoms with Gasteiger partial charge in [-0.05, 0) is 98.4 Å². The lowest BCUT2D eigenvalue weighted by Crippen LogP contribution is -2.16. The molecular formula is C49H35NO. The van der Waals surface area contributed by atoms with Crippen molar-refractivity contribution in [2.45, 2.75) is 19.3 Å². The molecule has 0 saturated carbocycles. The largest absolute Gasteiger partial charge is 0.455 e. The van der Waals surface area contributed by atoms with Crippen LogP contribution in [0.4, 0.5) is 17.1 Å². The van der Waals surface area contributed by atoms with E-state index in [1.807, 2.05) is 12.1 Å². The highest BCUT2D eigenvalue weighted by Crippen LogP contribution is 2.51. The van der Waals surface area contributed by atoms with Crippen molar-refractivity contribution in [2.24, 2.45) is 0 Å². The summed E-state index contributed by atoms with van der Waals surface area (Å²) in [6.07, 6.45) is 0.